The number of carbonyl (C=O) groups is 1. The predicted octanol–water partition coefficient (Wildman–Crippen LogP) is 4.59. The van der Waals surface area contributed by atoms with Gasteiger partial charge in [-0.15, -0.1) is 11.8 Å². The van der Waals surface area contributed by atoms with Crippen LogP contribution >= 0.6 is 11.8 Å². The van der Waals surface area contributed by atoms with Gasteiger partial charge in [0.2, 0.25) is 0 Å². The number of fused-ring (bicyclic) bond motifs is 1. The molecule has 4 rings (SSSR count). The monoisotopic (exact) mass is 393 g/mol. The normalized spacial score (nSPS) is 11.1. The number of carbonyl (C=O) groups excluding carboxylic acids is 1. The maximum atomic E-state index is 12.6. The Morgan fingerprint density at radius 3 is 2.82 bits per heavy atom. The van der Waals surface area contributed by atoms with Crippen LogP contribution in [0.2, 0.25) is 0 Å². The summed E-state index contributed by atoms with van der Waals surface area (Å²) in [6.45, 7) is 4.00. The molecule has 28 heavy (non-hydrogen) atoms. The molecular formula is C21H19N3O3S. The molecule has 1 aromatic carbocycles. The Morgan fingerprint density at radius 2 is 2.00 bits per heavy atom. The van der Waals surface area contributed by atoms with Crippen molar-refractivity contribution >= 4 is 23.4 Å². The number of nitrogens with zero attached hydrogens (tertiary/aromatic N) is 3. The van der Waals surface area contributed by atoms with Crippen LogP contribution in [-0.2, 0) is 17.1 Å². The number of thioether (sulfide) groups is 1. The second-order valence-corrected chi connectivity index (χ2v) is 7.51. The van der Waals surface area contributed by atoms with Crippen LogP contribution in [0, 0.1) is 13.8 Å². The number of hydrogen-bond donors (Lipinski definition) is 0. The quantitative estimate of drug-likeness (QED) is 0.353. The minimum Gasteiger partial charge on any atom is -0.455 e. The topological polar surface area (TPSA) is 69.6 Å². The average Bonchev–Trinajstić information content (AvgIpc) is 3.29. The van der Waals surface area contributed by atoms with Crippen LogP contribution in [0.4, 0.5) is 0 Å². The zero-order chi connectivity index (χ0) is 19.5. The smallest absolute Gasteiger partial charge is 0.339 e. The van der Waals surface area contributed by atoms with Crippen LogP contribution in [0.15, 0.2) is 64.3 Å². The fourth-order valence-corrected chi connectivity index (χ4v) is 3.76. The number of hydrogen-bond acceptors (Lipinski definition) is 6. The molecule has 4 aromatic rings. The van der Waals surface area contributed by atoms with E-state index in [4.69, 9.17) is 9.26 Å². The van der Waals surface area contributed by atoms with Crippen molar-refractivity contribution in [2.75, 3.05) is 0 Å². The van der Waals surface area contributed by atoms with E-state index in [0.717, 1.165) is 27.6 Å². The van der Waals surface area contributed by atoms with Gasteiger partial charge in [-0.05, 0) is 37.6 Å². The highest BCUT2D eigenvalue weighted by Crippen LogP contribution is 2.27. The van der Waals surface area contributed by atoms with E-state index in [2.05, 4.69) is 10.1 Å². The van der Waals surface area contributed by atoms with Gasteiger partial charge in [0.15, 0.2) is 0 Å². The van der Waals surface area contributed by atoms with E-state index in [1.807, 2.05) is 67.0 Å². The van der Waals surface area contributed by atoms with E-state index < -0.39 is 0 Å². The number of benzene rings is 1. The Bertz CT molecular complexity index is 1130. The minimum atomic E-state index is -0.368. The summed E-state index contributed by atoms with van der Waals surface area (Å²) in [5.74, 6) is 1.02. The summed E-state index contributed by atoms with van der Waals surface area (Å²) in [4.78, 5) is 17.9. The first-order valence-electron chi connectivity index (χ1n) is 8.84. The van der Waals surface area contributed by atoms with Gasteiger partial charge in [-0.25, -0.2) is 9.78 Å². The first-order chi connectivity index (χ1) is 13.6. The summed E-state index contributed by atoms with van der Waals surface area (Å²) in [7, 11) is 0. The van der Waals surface area contributed by atoms with Crippen molar-refractivity contribution in [1.29, 1.82) is 0 Å². The molecule has 0 bridgehead atoms. The van der Waals surface area contributed by atoms with Gasteiger partial charge in [0.1, 0.15) is 18.0 Å². The minimum absolute atomic E-state index is 0.126. The molecule has 0 aliphatic carbocycles. The lowest BCUT2D eigenvalue weighted by atomic mass is 10.2. The molecule has 0 atom stereocenters. The number of ether oxygens (including phenoxy) is 1. The number of pyridine rings is 1. The van der Waals surface area contributed by atoms with Crippen LogP contribution in [0.25, 0.3) is 5.65 Å². The molecule has 3 aromatic heterocycles. The first kappa shape index (κ1) is 18.3. The lowest BCUT2D eigenvalue weighted by Crippen LogP contribution is -2.07. The van der Waals surface area contributed by atoms with E-state index in [1.54, 1.807) is 6.07 Å². The van der Waals surface area contributed by atoms with Gasteiger partial charge in [-0.2, -0.15) is 0 Å². The van der Waals surface area contributed by atoms with Crippen molar-refractivity contribution in [3.63, 3.8) is 0 Å². The number of aryl methyl sites for hydroxylation is 2. The van der Waals surface area contributed by atoms with Crippen LogP contribution in [0.3, 0.4) is 0 Å². The van der Waals surface area contributed by atoms with Gasteiger partial charge in [0.25, 0.3) is 0 Å². The summed E-state index contributed by atoms with van der Waals surface area (Å²) < 4.78 is 12.5. The molecule has 0 spiro atoms. The standard InChI is InChI=1S/C21H19N3O3S/c1-14-7-8-20-22-17(11-24(20)10-14)12-26-21(25)18-5-3-4-6-19(18)28-13-16-9-15(2)27-23-16/h3-11H,12-13H2,1-2H3. The third-order valence-electron chi connectivity index (χ3n) is 4.16. The van der Waals surface area contributed by atoms with Crippen LogP contribution in [-0.4, -0.2) is 20.5 Å². The molecule has 0 amide bonds. The van der Waals surface area contributed by atoms with E-state index >= 15 is 0 Å². The highest BCUT2D eigenvalue weighted by atomic mass is 32.2. The zero-order valence-corrected chi connectivity index (χ0v) is 16.4. The lowest BCUT2D eigenvalue weighted by molar-refractivity contribution is 0.0464. The highest BCUT2D eigenvalue weighted by molar-refractivity contribution is 7.98. The third kappa shape index (κ3) is 4.09. The molecule has 0 aliphatic heterocycles. The number of imidazole rings is 1. The van der Waals surface area contributed by atoms with Crippen LogP contribution in [0.1, 0.15) is 33.1 Å². The second-order valence-electron chi connectivity index (χ2n) is 6.49. The van der Waals surface area contributed by atoms with Gasteiger partial charge < -0.3 is 13.7 Å². The molecule has 0 radical (unpaired) electrons. The molecule has 3 heterocycles. The summed E-state index contributed by atoms with van der Waals surface area (Å²) in [5, 5.41) is 3.99. The molecular weight excluding hydrogens is 374 g/mol. The van der Waals surface area contributed by atoms with Gasteiger partial charge in [-0.3, -0.25) is 0 Å². The van der Waals surface area contributed by atoms with Crippen LogP contribution in [0.5, 0.6) is 0 Å². The van der Waals surface area contributed by atoms with Gasteiger partial charge in [-0.1, -0.05) is 23.4 Å². The number of aromatic nitrogens is 3. The van der Waals surface area contributed by atoms with Crippen molar-refractivity contribution in [1.82, 2.24) is 14.5 Å². The molecule has 0 N–H and O–H groups in total. The Balaban J connectivity index is 1.43. The van der Waals surface area contributed by atoms with Crippen LogP contribution < -0.4 is 0 Å². The van der Waals surface area contributed by atoms with E-state index in [-0.39, 0.29) is 12.6 Å². The van der Waals surface area contributed by atoms with Gasteiger partial charge in [0.05, 0.1) is 17.0 Å². The summed E-state index contributed by atoms with van der Waals surface area (Å²) in [6, 6.07) is 13.2. The van der Waals surface area contributed by atoms with Gasteiger partial charge in [0, 0.05) is 29.1 Å². The Morgan fingerprint density at radius 1 is 1.14 bits per heavy atom. The SMILES string of the molecule is Cc1ccc2nc(COC(=O)c3ccccc3SCc3cc(C)on3)cn2c1. The summed E-state index contributed by atoms with van der Waals surface area (Å²) in [5.41, 5.74) is 4.05. The van der Waals surface area contributed by atoms with Crippen molar-refractivity contribution < 1.29 is 14.1 Å². The summed E-state index contributed by atoms with van der Waals surface area (Å²) in [6.07, 6.45) is 3.87. The molecule has 0 saturated carbocycles. The van der Waals surface area contributed by atoms with E-state index in [0.29, 0.717) is 17.0 Å². The predicted molar refractivity (Wildman–Crippen MR) is 106 cm³/mol. The fraction of sp³-hybridized carbons (Fsp3) is 0.190. The largest absolute Gasteiger partial charge is 0.455 e. The maximum Gasteiger partial charge on any atom is 0.339 e. The van der Waals surface area contributed by atoms with E-state index in [9.17, 15) is 4.79 Å². The number of rotatable bonds is 6. The average molecular weight is 393 g/mol. The fourth-order valence-electron chi connectivity index (χ4n) is 2.84. The van der Waals surface area contributed by atoms with E-state index in [1.165, 1.54) is 11.8 Å². The molecule has 142 valence electrons. The molecule has 0 aliphatic rings. The molecule has 7 heteroatoms. The van der Waals surface area contributed by atoms with Gasteiger partial charge >= 0.3 is 5.97 Å². The zero-order valence-electron chi connectivity index (χ0n) is 15.6. The number of esters is 1. The van der Waals surface area contributed by atoms with Crippen molar-refractivity contribution in [2.45, 2.75) is 31.1 Å². The summed E-state index contributed by atoms with van der Waals surface area (Å²) >= 11 is 1.53. The molecule has 0 saturated heterocycles. The Hall–Kier alpha value is -3.06. The molecule has 0 fully saturated rings. The molecule has 0 unspecified atom stereocenters. The first-order valence-corrected chi connectivity index (χ1v) is 9.82. The second kappa shape index (κ2) is 7.90. The Labute approximate surface area is 166 Å². The maximum absolute atomic E-state index is 12.6. The Kier molecular flexibility index (Phi) is 5.16. The molecule has 6 nitrogen and oxygen atoms in total. The lowest BCUT2D eigenvalue weighted by Gasteiger charge is -2.08. The van der Waals surface area contributed by atoms with Crippen molar-refractivity contribution in [3.8, 4) is 0 Å². The van der Waals surface area contributed by atoms with Crippen molar-refractivity contribution in [2.24, 2.45) is 0 Å². The highest BCUT2D eigenvalue weighted by Gasteiger charge is 2.14. The third-order valence-corrected chi connectivity index (χ3v) is 5.27. The van der Waals surface area contributed by atoms with Crippen molar-refractivity contribution in [3.05, 3.63) is 83.1 Å².